The molecule has 2 heterocycles. The van der Waals surface area contributed by atoms with Crippen molar-refractivity contribution in [2.75, 3.05) is 6.79 Å². The Bertz CT molecular complexity index is 1110. The average molecular weight is 431 g/mol. The van der Waals surface area contributed by atoms with Crippen molar-refractivity contribution in [3.8, 4) is 11.5 Å². The van der Waals surface area contributed by atoms with Gasteiger partial charge in [0.15, 0.2) is 11.5 Å². The van der Waals surface area contributed by atoms with Crippen molar-refractivity contribution < 1.29 is 14.3 Å². The minimum absolute atomic E-state index is 0.0603. The van der Waals surface area contributed by atoms with Gasteiger partial charge in [0.05, 0.1) is 5.02 Å². The van der Waals surface area contributed by atoms with Crippen molar-refractivity contribution in [2.45, 2.75) is 38.1 Å². The normalized spacial score (nSPS) is 17.4. The van der Waals surface area contributed by atoms with Crippen LogP contribution in [0.5, 0.6) is 11.5 Å². The number of fused-ring (bicyclic) bond motifs is 4. The maximum absolute atomic E-state index is 12.5. The lowest BCUT2D eigenvalue weighted by atomic mass is 9.91. The molecule has 0 spiro atoms. The molecular weight excluding hydrogens is 411 g/mol. The number of halogens is 2. The summed E-state index contributed by atoms with van der Waals surface area (Å²) in [4.78, 5) is 16.0. The largest absolute Gasteiger partial charge is 0.454 e. The van der Waals surface area contributed by atoms with Gasteiger partial charge in [-0.05, 0) is 61.1 Å². The molecule has 3 aromatic rings. The highest BCUT2D eigenvalue weighted by Gasteiger charge is 2.25. The third-order valence-corrected chi connectivity index (χ3v) is 6.16. The molecule has 0 radical (unpaired) electrons. The Morgan fingerprint density at radius 2 is 2.03 bits per heavy atom. The molecule has 5 nitrogen and oxygen atoms in total. The zero-order valence-electron chi connectivity index (χ0n) is 15.7. The van der Waals surface area contributed by atoms with Gasteiger partial charge in [0.25, 0.3) is 0 Å². The molecule has 1 amide bonds. The molecule has 2 aliphatic rings. The number of amides is 1. The van der Waals surface area contributed by atoms with Crippen LogP contribution in [0.1, 0.15) is 29.7 Å². The molecule has 1 aliphatic heterocycles. The molecular formula is C22H20Cl2N2O3. The van der Waals surface area contributed by atoms with Crippen LogP contribution in [-0.4, -0.2) is 23.7 Å². The topological polar surface area (TPSA) is 63.4 Å². The van der Waals surface area contributed by atoms with E-state index in [4.69, 9.17) is 32.7 Å². The molecule has 1 aliphatic carbocycles. The quantitative estimate of drug-likeness (QED) is 0.623. The van der Waals surface area contributed by atoms with Crippen molar-refractivity contribution in [3.05, 3.63) is 57.2 Å². The van der Waals surface area contributed by atoms with E-state index in [0.717, 1.165) is 47.2 Å². The number of nitrogens with one attached hydrogen (secondary N) is 2. The predicted molar refractivity (Wildman–Crippen MR) is 113 cm³/mol. The number of rotatable bonds is 4. The van der Waals surface area contributed by atoms with Crippen LogP contribution in [0.2, 0.25) is 10.0 Å². The minimum Gasteiger partial charge on any atom is -0.454 e. The number of carbonyl (C=O) groups excluding carboxylic acids is 1. The van der Waals surface area contributed by atoms with Crippen LogP contribution in [0.4, 0.5) is 0 Å². The molecule has 1 atom stereocenters. The van der Waals surface area contributed by atoms with Gasteiger partial charge < -0.3 is 19.8 Å². The highest BCUT2D eigenvalue weighted by Crippen LogP contribution is 2.36. The maximum Gasteiger partial charge on any atom is 0.231 e. The Morgan fingerprint density at radius 3 is 2.93 bits per heavy atom. The van der Waals surface area contributed by atoms with Crippen LogP contribution in [-0.2, 0) is 24.1 Å². The van der Waals surface area contributed by atoms with E-state index in [2.05, 4.69) is 10.3 Å². The summed E-state index contributed by atoms with van der Waals surface area (Å²) in [6.45, 7) is 0.257. The molecule has 29 heavy (non-hydrogen) atoms. The molecule has 0 fully saturated rings. The first-order valence-electron chi connectivity index (χ1n) is 9.73. The number of aromatic nitrogens is 1. The molecule has 5 rings (SSSR count). The second kappa shape index (κ2) is 7.47. The third-order valence-electron chi connectivity index (χ3n) is 5.64. The first-order valence-corrected chi connectivity index (χ1v) is 10.5. The standard InChI is InChI=1S/C22H20Cl2N2O3/c23-13-8-16(24)22-15-10-14(3-4-17(15)26-18(22)9-13)25-21(27)6-2-12-1-5-19-20(7-12)29-11-28-19/h1,5,7-9,14,26H,2-4,6,10-11H2,(H,25,27)/t14-/m1/s1. The molecule has 7 heteroatoms. The van der Waals surface area contributed by atoms with Crippen LogP contribution in [0.3, 0.4) is 0 Å². The van der Waals surface area contributed by atoms with E-state index in [9.17, 15) is 4.79 Å². The number of H-pyrrole nitrogens is 1. The smallest absolute Gasteiger partial charge is 0.231 e. The van der Waals surface area contributed by atoms with Gasteiger partial charge in [-0.2, -0.15) is 0 Å². The Balaban J connectivity index is 1.23. The molecule has 0 bridgehead atoms. The molecule has 2 aromatic carbocycles. The van der Waals surface area contributed by atoms with Crippen LogP contribution < -0.4 is 14.8 Å². The number of hydrogen-bond donors (Lipinski definition) is 2. The first-order chi connectivity index (χ1) is 14.1. The Hall–Kier alpha value is -2.37. The summed E-state index contributed by atoms with van der Waals surface area (Å²) in [5, 5.41) is 5.48. The minimum atomic E-state index is 0.0603. The third kappa shape index (κ3) is 3.65. The van der Waals surface area contributed by atoms with Crippen molar-refractivity contribution in [3.63, 3.8) is 0 Å². The van der Waals surface area contributed by atoms with E-state index in [0.29, 0.717) is 22.9 Å². The first kappa shape index (κ1) is 18.6. The van der Waals surface area contributed by atoms with Crippen LogP contribution >= 0.6 is 23.2 Å². The Kier molecular flexibility index (Phi) is 4.80. The maximum atomic E-state index is 12.5. The highest BCUT2D eigenvalue weighted by molar-refractivity contribution is 6.38. The fourth-order valence-electron chi connectivity index (χ4n) is 4.25. The number of benzene rings is 2. The van der Waals surface area contributed by atoms with Crippen molar-refractivity contribution in [1.82, 2.24) is 10.3 Å². The van der Waals surface area contributed by atoms with Crippen LogP contribution in [0, 0.1) is 0 Å². The number of aryl methyl sites for hydroxylation is 2. The molecule has 0 unspecified atom stereocenters. The van der Waals surface area contributed by atoms with Crippen molar-refractivity contribution in [2.24, 2.45) is 0 Å². The molecule has 0 saturated carbocycles. The molecule has 0 saturated heterocycles. The summed E-state index contributed by atoms with van der Waals surface area (Å²) < 4.78 is 10.7. The lowest BCUT2D eigenvalue weighted by Crippen LogP contribution is -2.38. The van der Waals surface area contributed by atoms with Crippen molar-refractivity contribution in [1.29, 1.82) is 0 Å². The Morgan fingerprint density at radius 1 is 1.17 bits per heavy atom. The van der Waals surface area contributed by atoms with Crippen LogP contribution in [0.15, 0.2) is 30.3 Å². The second-order valence-corrected chi connectivity index (χ2v) is 8.43. The van der Waals surface area contributed by atoms with E-state index in [-0.39, 0.29) is 18.7 Å². The van der Waals surface area contributed by atoms with Gasteiger partial charge in [-0.15, -0.1) is 0 Å². The fraction of sp³-hybridized carbons (Fsp3) is 0.318. The SMILES string of the molecule is O=C(CCc1ccc2c(c1)OCO2)N[C@@H]1CCc2[nH]c3cc(Cl)cc(Cl)c3c2C1. The summed E-state index contributed by atoms with van der Waals surface area (Å²) >= 11 is 12.6. The zero-order chi connectivity index (χ0) is 20.0. The lowest BCUT2D eigenvalue weighted by molar-refractivity contribution is -0.121. The fourth-order valence-corrected chi connectivity index (χ4v) is 4.86. The summed E-state index contributed by atoms with van der Waals surface area (Å²) in [7, 11) is 0. The monoisotopic (exact) mass is 430 g/mol. The zero-order valence-corrected chi connectivity index (χ0v) is 17.2. The number of hydrogen-bond acceptors (Lipinski definition) is 3. The number of aromatic amines is 1. The van der Waals surface area contributed by atoms with Crippen LogP contribution in [0.25, 0.3) is 10.9 Å². The summed E-state index contributed by atoms with van der Waals surface area (Å²) in [5.74, 6) is 1.57. The number of ether oxygens (including phenoxy) is 2. The van der Waals surface area contributed by atoms with Gasteiger partial charge in [0.2, 0.25) is 12.7 Å². The Labute approximate surface area is 178 Å². The van der Waals surface area contributed by atoms with Gasteiger partial charge in [0, 0.05) is 34.1 Å². The van der Waals surface area contributed by atoms with Gasteiger partial charge in [-0.1, -0.05) is 29.3 Å². The van der Waals surface area contributed by atoms with E-state index in [1.807, 2.05) is 24.3 Å². The van der Waals surface area contributed by atoms with Gasteiger partial charge in [0.1, 0.15) is 0 Å². The summed E-state index contributed by atoms with van der Waals surface area (Å²) in [6.07, 6.45) is 3.66. The lowest BCUT2D eigenvalue weighted by Gasteiger charge is -2.24. The van der Waals surface area contributed by atoms with Gasteiger partial charge in [-0.25, -0.2) is 0 Å². The highest BCUT2D eigenvalue weighted by atomic mass is 35.5. The van der Waals surface area contributed by atoms with Crippen molar-refractivity contribution >= 4 is 40.0 Å². The van der Waals surface area contributed by atoms with E-state index >= 15 is 0 Å². The van der Waals surface area contributed by atoms with E-state index < -0.39 is 0 Å². The van der Waals surface area contributed by atoms with Gasteiger partial charge in [-0.3, -0.25) is 4.79 Å². The molecule has 1 aromatic heterocycles. The average Bonchev–Trinajstić information content (AvgIpc) is 3.29. The van der Waals surface area contributed by atoms with E-state index in [1.165, 1.54) is 11.3 Å². The second-order valence-electron chi connectivity index (χ2n) is 7.59. The number of carbonyl (C=O) groups is 1. The predicted octanol–water partition coefficient (Wildman–Crippen LogP) is 4.81. The van der Waals surface area contributed by atoms with Gasteiger partial charge >= 0.3 is 0 Å². The summed E-state index contributed by atoms with van der Waals surface area (Å²) in [6, 6.07) is 9.60. The molecule has 150 valence electrons. The van der Waals surface area contributed by atoms with E-state index in [1.54, 1.807) is 6.07 Å². The molecule has 2 N–H and O–H groups in total. The summed E-state index contributed by atoms with van der Waals surface area (Å²) in [5.41, 5.74) is 4.40.